The Morgan fingerprint density at radius 3 is 2.61 bits per heavy atom. The zero-order valence-corrected chi connectivity index (χ0v) is 16.4. The molecule has 0 saturated heterocycles. The molecule has 0 amide bonds. The van der Waals surface area contributed by atoms with E-state index in [4.69, 9.17) is 19.2 Å². The number of hydrogen-bond donors (Lipinski definition) is 1. The molecule has 0 aliphatic heterocycles. The highest BCUT2D eigenvalue weighted by Crippen LogP contribution is 2.47. The van der Waals surface area contributed by atoms with E-state index in [9.17, 15) is 4.79 Å². The molecule has 0 fully saturated rings. The molecule has 0 aliphatic carbocycles. The number of para-hydroxylation sites is 1. The number of nitrogens with zero attached hydrogens (tertiary/aromatic N) is 1. The third kappa shape index (κ3) is 2.80. The summed E-state index contributed by atoms with van der Waals surface area (Å²) in [5.74, 6) is 1.27. The molecule has 28 heavy (non-hydrogen) atoms. The number of ether oxygens (including phenoxy) is 3. The van der Waals surface area contributed by atoms with Gasteiger partial charge >= 0.3 is 0 Å². The van der Waals surface area contributed by atoms with E-state index in [0.717, 1.165) is 27.8 Å². The van der Waals surface area contributed by atoms with E-state index in [-0.39, 0.29) is 0 Å². The van der Waals surface area contributed by atoms with Crippen LogP contribution in [0.3, 0.4) is 0 Å². The van der Waals surface area contributed by atoms with Crippen LogP contribution in [-0.4, -0.2) is 37.6 Å². The van der Waals surface area contributed by atoms with Gasteiger partial charge in [0.1, 0.15) is 5.01 Å². The van der Waals surface area contributed by atoms with Crippen molar-refractivity contribution in [2.45, 2.75) is 0 Å². The van der Waals surface area contributed by atoms with Crippen molar-refractivity contribution < 1.29 is 19.0 Å². The van der Waals surface area contributed by atoms with E-state index in [1.807, 2.05) is 35.8 Å². The molecule has 0 spiro atoms. The van der Waals surface area contributed by atoms with Crippen molar-refractivity contribution in [3.8, 4) is 39.1 Å². The first-order valence-electron chi connectivity index (χ1n) is 8.52. The zero-order chi connectivity index (χ0) is 19.7. The fourth-order valence-electron chi connectivity index (χ4n) is 3.31. The maximum Gasteiger partial charge on any atom is 0.204 e. The summed E-state index contributed by atoms with van der Waals surface area (Å²) in [5.41, 5.74) is 3.67. The molecular formula is C21H18N2O4S. The number of thiazole rings is 1. The second-order valence-corrected chi connectivity index (χ2v) is 6.87. The Kier molecular flexibility index (Phi) is 4.75. The number of hydrogen-bond acceptors (Lipinski definition) is 6. The maximum atomic E-state index is 11.8. The summed E-state index contributed by atoms with van der Waals surface area (Å²) in [5, 5.41) is 3.87. The minimum absolute atomic E-state index is 0.416. The highest BCUT2D eigenvalue weighted by Gasteiger charge is 2.23. The summed E-state index contributed by atoms with van der Waals surface area (Å²) < 4.78 is 16.4. The van der Waals surface area contributed by atoms with E-state index in [2.05, 4.69) is 4.98 Å². The van der Waals surface area contributed by atoms with E-state index >= 15 is 0 Å². The van der Waals surface area contributed by atoms with Crippen LogP contribution >= 0.6 is 11.3 Å². The Bertz CT molecular complexity index is 1160. The first-order valence-corrected chi connectivity index (χ1v) is 9.40. The fourth-order valence-corrected chi connectivity index (χ4v) is 4.15. The lowest BCUT2D eigenvalue weighted by Gasteiger charge is -2.16. The SMILES string of the molecule is COc1cc(C=O)c(-c2csc(-c3cccc4cc[nH]c34)n2)c(OC)c1OC. The molecule has 142 valence electrons. The molecule has 2 aromatic heterocycles. The van der Waals surface area contributed by atoms with Gasteiger partial charge in [0, 0.05) is 28.1 Å². The first-order chi connectivity index (χ1) is 13.7. The molecule has 2 aromatic carbocycles. The number of rotatable bonds is 6. The smallest absolute Gasteiger partial charge is 0.204 e. The van der Waals surface area contributed by atoms with Crippen LogP contribution in [0.2, 0.25) is 0 Å². The fraction of sp³-hybridized carbons (Fsp3) is 0.143. The van der Waals surface area contributed by atoms with Gasteiger partial charge in [0.15, 0.2) is 17.8 Å². The number of carbonyl (C=O) groups excluding carboxylic acids is 1. The van der Waals surface area contributed by atoms with Crippen molar-refractivity contribution >= 4 is 28.5 Å². The zero-order valence-electron chi connectivity index (χ0n) is 15.6. The number of aromatic amines is 1. The molecule has 0 atom stereocenters. The predicted molar refractivity (Wildman–Crippen MR) is 110 cm³/mol. The molecule has 0 aliphatic rings. The largest absolute Gasteiger partial charge is 0.493 e. The Hall–Kier alpha value is -3.32. The second kappa shape index (κ2) is 7.36. The Morgan fingerprint density at radius 2 is 1.89 bits per heavy atom. The van der Waals surface area contributed by atoms with E-state index < -0.39 is 0 Å². The average Bonchev–Trinajstić information content (AvgIpc) is 3.41. The minimum atomic E-state index is 0.416. The van der Waals surface area contributed by atoms with Crippen LogP contribution in [0.5, 0.6) is 17.2 Å². The van der Waals surface area contributed by atoms with Crippen molar-refractivity contribution in [2.75, 3.05) is 21.3 Å². The van der Waals surface area contributed by atoms with Crippen molar-refractivity contribution in [2.24, 2.45) is 0 Å². The standard InChI is InChI=1S/C21H18N2O4S/c1-25-16-9-13(10-24)17(20(27-3)19(16)26-2)15-11-28-21(23-15)14-6-4-5-12-7-8-22-18(12)14/h4-11,22H,1-3H3. The summed E-state index contributed by atoms with van der Waals surface area (Å²) >= 11 is 1.50. The molecule has 1 N–H and O–H groups in total. The number of aldehydes is 1. The van der Waals surface area contributed by atoms with Gasteiger partial charge in [-0.1, -0.05) is 12.1 Å². The van der Waals surface area contributed by atoms with Crippen LogP contribution in [-0.2, 0) is 0 Å². The number of carbonyl (C=O) groups is 1. The summed E-state index contributed by atoms with van der Waals surface area (Å²) in [7, 11) is 4.58. The van der Waals surface area contributed by atoms with Crippen LogP contribution in [0.15, 0.2) is 41.9 Å². The number of aromatic nitrogens is 2. The van der Waals surface area contributed by atoms with E-state index in [0.29, 0.717) is 34.1 Å². The van der Waals surface area contributed by atoms with Gasteiger partial charge in [-0.05, 0) is 18.2 Å². The lowest BCUT2D eigenvalue weighted by Crippen LogP contribution is -2.00. The van der Waals surface area contributed by atoms with Crippen LogP contribution in [0.1, 0.15) is 10.4 Å². The lowest BCUT2D eigenvalue weighted by molar-refractivity contribution is 0.112. The van der Waals surface area contributed by atoms with Gasteiger partial charge in [-0.2, -0.15) is 0 Å². The van der Waals surface area contributed by atoms with Gasteiger partial charge in [-0.3, -0.25) is 4.79 Å². The van der Waals surface area contributed by atoms with Gasteiger partial charge in [0.25, 0.3) is 0 Å². The van der Waals surface area contributed by atoms with Crippen molar-refractivity contribution in [3.05, 3.63) is 47.5 Å². The Balaban J connectivity index is 1.91. The molecule has 0 unspecified atom stereocenters. The number of H-pyrrole nitrogens is 1. The minimum Gasteiger partial charge on any atom is -0.493 e. The number of methoxy groups -OCH3 is 3. The summed E-state index contributed by atoms with van der Waals surface area (Å²) in [4.78, 5) is 19.8. The quantitative estimate of drug-likeness (QED) is 0.476. The third-order valence-electron chi connectivity index (χ3n) is 4.57. The van der Waals surface area contributed by atoms with Crippen LogP contribution in [0.25, 0.3) is 32.7 Å². The van der Waals surface area contributed by atoms with E-state index in [1.165, 1.54) is 32.7 Å². The van der Waals surface area contributed by atoms with Crippen molar-refractivity contribution in [3.63, 3.8) is 0 Å². The number of fused-ring (bicyclic) bond motifs is 1. The topological polar surface area (TPSA) is 73.4 Å². The predicted octanol–water partition coefficient (Wildman–Crippen LogP) is 4.80. The van der Waals surface area contributed by atoms with Crippen molar-refractivity contribution in [1.82, 2.24) is 9.97 Å². The number of benzene rings is 2. The molecular weight excluding hydrogens is 376 g/mol. The molecule has 4 aromatic rings. The van der Waals surface area contributed by atoms with Gasteiger partial charge in [0.2, 0.25) is 5.75 Å². The molecule has 0 bridgehead atoms. The molecule has 6 nitrogen and oxygen atoms in total. The number of nitrogens with one attached hydrogen (secondary N) is 1. The normalized spacial score (nSPS) is 10.8. The lowest BCUT2D eigenvalue weighted by atomic mass is 10.0. The van der Waals surface area contributed by atoms with Gasteiger partial charge in [-0.25, -0.2) is 4.98 Å². The van der Waals surface area contributed by atoms with Gasteiger partial charge in [-0.15, -0.1) is 11.3 Å². The van der Waals surface area contributed by atoms with Crippen LogP contribution in [0, 0.1) is 0 Å². The average molecular weight is 394 g/mol. The maximum absolute atomic E-state index is 11.8. The molecule has 7 heteroatoms. The van der Waals surface area contributed by atoms with Crippen LogP contribution in [0.4, 0.5) is 0 Å². The molecule has 4 rings (SSSR count). The third-order valence-corrected chi connectivity index (χ3v) is 5.44. The highest BCUT2D eigenvalue weighted by atomic mass is 32.1. The Morgan fingerprint density at radius 1 is 1.07 bits per heavy atom. The first kappa shape index (κ1) is 18.1. The second-order valence-electron chi connectivity index (χ2n) is 6.01. The summed E-state index contributed by atoms with van der Waals surface area (Å²) in [6.45, 7) is 0. The molecule has 0 radical (unpaired) electrons. The van der Waals surface area contributed by atoms with Gasteiger partial charge < -0.3 is 19.2 Å². The Labute approximate surface area is 165 Å². The van der Waals surface area contributed by atoms with Crippen LogP contribution < -0.4 is 14.2 Å². The molecule has 0 saturated carbocycles. The monoisotopic (exact) mass is 394 g/mol. The van der Waals surface area contributed by atoms with E-state index in [1.54, 1.807) is 6.07 Å². The highest BCUT2D eigenvalue weighted by molar-refractivity contribution is 7.13. The summed E-state index contributed by atoms with van der Waals surface area (Å²) in [6, 6.07) is 9.73. The van der Waals surface area contributed by atoms with Crippen molar-refractivity contribution in [1.29, 1.82) is 0 Å². The van der Waals surface area contributed by atoms with Gasteiger partial charge in [0.05, 0.1) is 38.1 Å². The summed E-state index contributed by atoms with van der Waals surface area (Å²) in [6.07, 6.45) is 2.68. The molecule has 2 heterocycles.